The van der Waals surface area contributed by atoms with Gasteiger partial charge in [-0.2, -0.15) is 0 Å². The highest BCUT2D eigenvalue weighted by Gasteiger charge is 2.19. The highest BCUT2D eigenvalue weighted by atomic mass is 16.6. The molecule has 0 spiro atoms. The summed E-state index contributed by atoms with van der Waals surface area (Å²) in [6, 6.07) is 2.25. The highest BCUT2D eigenvalue weighted by molar-refractivity contribution is 5.92. The Balaban J connectivity index is 3.32. The van der Waals surface area contributed by atoms with Gasteiger partial charge in [-0.25, -0.2) is 4.79 Å². The van der Waals surface area contributed by atoms with Gasteiger partial charge in [-0.15, -0.1) is 0 Å². The lowest BCUT2D eigenvalue weighted by Crippen LogP contribution is -2.06. The molecular formula is C11H11NO5. The van der Waals surface area contributed by atoms with Crippen LogP contribution in [0.15, 0.2) is 24.8 Å². The fraction of sp³-hybridized carbons (Fsp3) is 0.182. The maximum atomic E-state index is 11.0. The third-order valence-corrected chi connectivity index (χ3v) is 2.05. The van der Waals surface area contributed by atoms with Crippen molar-refractivity contribution in [3.63, 3.8) is 0 Å². The highest BCUT2D eigenvalue weighted by Crippen LogP contribution is 2.29. The molecule has 0 saturated heterocycles. The van der Waals surface area contributed by atoms with Crippen LogP contribution >= 0.6 is 0 Å². The van der Waals surface area contributed by atoms with E-state index in [0.717, 1.165) is 6.07 Å². The average Bonchev–Trinajstić information content (AvgIpc) is 2.26. The summed E-state index contributed by atoms with van der Waals surface area (Å²) in [4.78, 5) is 21.0. The Kier molecular flexibility index (Phi) is 3.82. The summed E-state index contributed by atoms with van der Waals surface area (Å²) in [7, 11) is 0. The Morgan fingerprint density at radius 3 is 2.76 bits per heavy atom. The number of hydrogen-bond acceptors (Lipinski definition) is 4. The molecule has 0 fully saturated rings. The lowest BCUT2D eigenvalue weighted by atomic mass is 10.1. The molecule has 17 heavy (non-hydrogen) atoms. The van der Waals surface area contributed by atoms with Crippen LogP contribution in [-0.2, 0) is 0 Å². The second-order valence-corrected chi connectivity index (χ2v) is 3.30. The number of nitro groups is 1. The number of carboxylic acids is 1. The topological polar surface area (TPSA) is 89.7 Å². The minimum atomic E-state index is -1.27. The molecule has 0 aromatic heterocycles. The maximum absolute atomic E-state index is 11.0. The normalized spacial score (nSPS) is 9.71. The van der Waals surface area contributed by atoms with E-state index in [9.17, 15) is 14.9 Å². The van der Waals surface area contributed by atoms with Crippen molar-refractivity contribution in [2.24, 2.45) is 0 Å². The molecule has 1 N–H and O–H groups in total. The Hall–Kier alpha value is -2.37. The zero-order valence-electron chi connectivity index (χ0n) is 9.17. The van der Waals surface area contributed by atoms with Crippen LogP contribution in [0.3, 0.4) is 0 Å². The summed E-state index contributed by atoms with van der Waals surface area (Å²) in [5, 5.41) is 19.6. The molecule has 1 aromatic carbocycles. The number of aromatic carboxylic acids is 1. The third-order valence-electron chi connectivity index (χ3n) is 2.05. The second-order valence-electron chi connectivity index (χ2n) is 3.30. The first-order chi connectivity index (χ1) is 7.97. The molecule has 6 nitrogen and oxygen atoms in total. The monoisotopic (exact) mass is 237 g/mol. The molecule has 0 saturated carbocycles. The summed E-state index contributed by atoms with van der Waals surface area (Å²) in [6.07, 6.45) is 1.46. The third kappa shape index (κ3) is 2.81. The number of benzene rings is 1. The lowest BCUT2D eigenvalue weighted by molar-refractivity contribution is -0.385. The first-order valence-corrected chi connectivity index (χ1v) is 4.73. The quantitative estimate of drug-likeness (QED) is 0.481. The molecule has 0 amide bonds. The van der Waals surface area contributed by atoms with Crippen LogP contribution in [-0.4, -0.2) is 22.6 Å². The number of nitrogens with zero attached hydrogens (tertiary/aromatic N) is 1. The number of aryl methyl sites for hydroxylation is 1. The van der Waals surface area contributed by atoms with Gasteiger partial charge in [-0.1, -0.05) is 12.7 Å². The predicted octanol–water partition coefficient (Wildman–Crippen LogP) is 2.17. The molecular weight excluding hydrogens is 226 g/mol. The zero-order chi connectivity index (χ0) is 13.0. The Morgan fingerprint density at radius 2 is 2.29 bits per heavy atom. The first-order valence-electron chi connectivity index (χ1n) is 4.73. The van der Waals surface area contributed by atoms with E-state index in [2.05, 4.69) is 6.58 Å². The van der Waals surface area contributed by atoms with Gasteiger partial charge in [0.05, 0.1) is 4.92 Å². The molecule has 1 rings (SSSR count). The van der Waals surface area contributed by atoms with Crippen molar-refractivity contribution < 1.29 is 19.6 Å². The smallest absolute Gasteiger partial charge is 0.339 e. The molecule has 0 aliphatic rings. The van der Waals surface area contributed by atoms with Gasteiger partial charge < -0.3 is 9.84 Å². The van der Waals surface area contributed by atoms with Crippen LogP contribution in [0.2, 0.25) is 0 Å². The first kappa shape index (κ1) is 12.7. The van der Waals surface area contributed by atoms with Crippen molar-refractivity contribution in [3.05, 3.63) is 46.0 Å². The van der Waals surface area contributed by atoms with Crippen LogP contribution in [0.4, 0.5) is 5.69 Å². The molecule has 0 bridgehead atoms. The number of hydrogen-bond donors (Lipinski definition) is 1. The molecule has 1 aromatic rings. The summed E-state index contributed by atoms with van der Waals surface area (Å²) in [5.41, 5.74) is -0.0946. The fourth-order valence-corrected chi connectivity index (χ4v) is 1.35. The van der Waals surface area contributed by atoms with Crippen molar-refractivity contribution in [1.82, 2.24) is 0 Å². The number of ether oxygens (including phenoxy) is 1. The van der Waals surface area contributed by atoms with Crippen molar-refractivity contribution >= 4 is 11.7 Å². The molecule has 90 valence electrons. The number of rotatable bonds is 5. The largest absolute Gasteiger partial charge is 0.488 e. The summed E-state index contributed by atoms with van der Waals surface area (Å²) in [6.45, 7) is 5.14. The molecule has 0 radical (unpaired) electrons. The van der Waals surface area contributed by atoms with Crippen molar-refractivity contribution in [2.45, 2.75) is 6.92 Å². The lowest BCUT2D eigenvalue weighted by Gasteiger charge is -2.10. The van der Waals surface area contributed by atoms with Crippen molar-refractivity contribution in [2.75, 3.05) is 6.61 Å². The average molecular weight is 237 g/mol. The van der Waals surface area contributed by atoms with Gasteiger partial charge in [0.1, 0.15) is 17.9 Å². The molecule has 6 heteroatoms. The van der Waals surface area contributed by atoms with Crippen LogP contribution in [0.5, 0.6) is 5.75 Å². The van der Waals surface area contributed by atoms with E-state index in [0.29, 0.717) is 5.56 Å². The molecule has 0 heterocycles. The van der Waals surface area contributed by atoms with Crippen molar-refractivity contribution in [1.29, 1.82) is 0 Å². The molecule has 0 aliphatic carbocycles. The van der Waals surface area contributed by atoms with Gasteiger partial charge in [0.25, 0.3) is 5.69 Å². The van der Waals surface area contributed by atoms with E-state index in [4.69, 9.17) is 9.84 Å². The van der Waals surface area contributed by atoms with Gasteiger partial charge in [0.2, 0.25) is 0 Å². The fourth-order valence-electron chi connectivity index (χ4n) is 1.35. The van der Waals surface area contributed by atoms with Gasteiger partial charge >= 0.3 is 5.97 Å². The zero-order valence-corrected chi connectivity index (χ0v) is 9.17. The number of nitro benzene ring substituents is 1. The van der Waals surface area contributed by atoms with Gasteiger partial charge in [0.15, 0.2) is 0 Å². The van der Waals surface area contributed by atoms with Gasteiger partial charge in [-0.3, -0.25) is 10.1 Å². The molecule has 0 atom stereocenters. The van der Waals surface area contributed by atoms with Gasteiger partial charge in [-0.05, 0) is 12.5 Å². The summed E-state index contributed by atoms with van der Waals surface area (Å²) < 4.78 is 5.19. The minimum absolute atomic E-state index is 0.128. The van der Waals surface area contributed by atoms with Crippen molar-refractivity contribution in [3.8, 4) is 5.75 Å². The summed E-state index contributed by atoms with van der Waals surface area (Å²) in [5.74, 6) is -1.14. The van der Waals surface area contributed by atoms with E-state index in [1.165, 1.54) is 12.1 Å². The predicted molar refractivity (Wildman–Crippen MR) is 60.5 cm³/mol. The minimum Gasteiger partial charge on any atom is -0.488 e. The van der Waals surface area contributed by atoms with E-state index in [1.807, 2.05) is 0 Å². The standard InChI is InChI=1S/C11H11NO5/c1-3-4-17-10-7(2)5-8(12(15)16)6-9(10)11(13)14/h3,5-6H,1,4H2,2H3,(H,13,14). The van der Waals surface area contributed by atoms with E-state index in [-0.39, 0.29) is 23.6 Å². The number of carboxylic acid groups (broad SMARTS) is 1. The van der Waals surface area contributed by atoms with Gasteiger partial charge in [0, 0.05) is 12.1 Å². The Labute approximate surface area is 97.3 Å². The van der Waals surface area contributed by atoms with E-state index >= 15 is 0 Å². The van der Waals surface area contributed by atoms with Crippen LogP contribution < -0.4 is 4.74 Å². The Bertz CT molecular complexity index is 481. The van der Waals surface area contributed by atoms with Crippen LogP contribution in [0, 0.1) is 17.0 Å². The second kappa shape index (κ2) is 5.11. The Morgan fingerprint density at radius 1 is 1.65 bits per heavy atom. The molecule has 0 aliphatic heterocycles. The maximum Gasteiger partial charge on any atom is 0.339 e. The summed E-state index contributed by atoms with van der Waals surface area (Å²) >= 11 is 0. The number of carbonyl (C=O) groups is 1. The van der Waals surface area contributed by atoms with E-state index < -0.39 is 10.9 Å². The van der Waals surface area contributed by atoms with Crippen LogP contribution in [0.1, 0.15) is 15.9 Å². The molecule has 0 unspecified atom stereocenters. The van der Waals surface area contributed by atoms with E-state index in [1.54, 1.807) is 6.92 Å². The number of non-ortho nitro benzene ring substituents is 1. The SMILES string of the molecule is C=CCOc1c(C)cc([N+](=O)[O-])cc1C(=O)O. The van der Waals surface area contributed by atoms with Crippen LogP contribution in [0.25, 0.3) is 0 Å².